The molecule has 0 unspecified atom stereocenters. The Bertz CT molecular complexity index is 1390. The monoisotopic (exact) mass is 460 g/mol. The van der Waals surface area contributed by atoms with E-state index in [9.17, 15) is 0 Å². The Kier molecular flexibility index (Phi) is 6.25. The van der Waals surface area contributed by atoms with Crippen molar-refractivity contribution in [1.82, 2.24) is 4.98 Å². The largest absolute Gasteiger partial charge is 0.372 e. The van der Waals surface area contributed by atoms with Crippen molar-refractivity contribution in [2.45, 2.75) is 39.7 Å². The van der Waals surface area contributed by atoms with Crippen molar-refractivity contribution in [3.05, 3.63) is 108 Å². The van der Waals surface area contributed by atoms with Crippen LogP contribution in [0.25, 0.3) is 16.8 Å². The number of nitrogens with zero attached hydrogens (tertiary/aromatic N) is 3. The van der Waals surface area contributed by atoms with E-state index in [1.54, 1.807) is 0 Å². The van der Waals surface area contributed by atoms with E-state index < -0.39 is 0 Å². The fraction of sp³-hybridized carbons (Fsp3) is 0.250. The molecule has 3 aromatic carbocycles. The highest BCUT2D eigenvalue weighted by molar-refractivity contribution is 6.09. The van der Waals surface area contributed by atoms with Gasteiger partial charge >= 0.3 is 0 Å². The van der Waals surface area contributed by atoms with Crippen molar-refractivity contribution in [3.8, 4) is 0 Å². The van der Waals surface area contributed by atoms with E-state index in [0.29, 0.717) is 0 Å². The van der Waals surface area contributed by atoms with Crippen LogP contribution >= 0.6 is 0 Å². The third kappa shape index (κ3) is 4.27. The molecular formula is C32H34N3+. The van der Waals surface area contributed by atoms with Crippen LogP contribution in [0.4, 0.5) is 11.4 Å². The zero-order valence-corrected chi connectivity index (χ0v) is 21.2. The Hall–Kier alpha value is -3.72. The van der Waals surface area contributed by atoms with Crippen LogP contribution in [0.3, 0.4) is 0 Å². The van der Waals surface area contributed by atoms with Crippen LogP contribution in [-0.2, 0) is 12.0 Å². The molecule has 0 atom stereocenters. The Morgan fingerprint density at radius 1 is 0.829 bits per heavy atom. The molecule has 0 radical (unpaired) electrons. The first kappa shape index (κ1) is 23.0. The molecule has 1 aliphatic rings. The lowest BCUT2D eigenvalue weighted by atomic mass is 9.79. The fourth-order valence-electron chi connectivity index (χ4n) is 5.42. The molecule has 1 aliphatic heterocycles. The zero-order valence-electron chi connectivity index (χ0n) is 21.2. The van der Waals surface area contributed by atoms with Gasteiger partial charge in [-0.2, -0.15) is 4.58 Å². The van der Waals surface area contributed by atoms with Crippen molar-refractivity contribution in [1.29, 1.82) is 0 Å². The number of hydrogen-bond donors (Lipinski definition) is 0. The van der Waals surface area contributed by atoms with Gasteiger partial charge in [0.15, 0.2) is 12.3 Å². The topological polar surface area (TPSA) is 19.1 Å². The summed E-state index contributed by atoms with van der Waals surface area (Å²) in [6.07, 6.45) is 6.44. The number of anilines is 1. The van der Waals surface area contributed by atoms with E-state index in [1.807, 2.05) is 12.3 Å². The van der Waals surface area contributed by atoms with Crippen LogP contribution < -0.4 is 4.90 Å². The maximum absolute atomic E-state index is 4.64. The van der Waals surface area contributed by atoms with E-state index in [2.05, 4.69) is 127 Å². The Morgan fingerprint density at radius 3 is 2.29 bits per heavy atom. The van der Waals surface area contributed by atoms with Crippen molar-refractivity contribution < 1.29 is 4.58 Å². The minimum absolute atomic E-state index is 0.136. The number of fused-ring (bicyclic) bond motifs is 3. The van der Waals surface area contributed by atoms with Gasteiger partial charge in [-0.05, 0) is 80.4 Å². The van der Waals surface area contributed by atoms with Crippen molar-refractivity contribution in [2.24, 2.45) is 0 Å². The van der Waals surface area contributed by atoms with Crippen molar-refractivity contribution >= 4 is 33.9 Å². The number of benzene rings is 3. The summed E-state index contributed by atoms with van der Waals surface area (Å²) in [5.41, 5.74) is 7.38. The summed E-state index contributed by atoms with van der Waals surface area (Å²) < 4.78 is 2.45. The molecule has 5 rings (SSSR count). The fourth-order valence-corrected chi connectivity index (χ4v) is 5.42. The van der Waals surface area contributed by atoms with E-state index >= 15 is 0 Å². The highest BCUT2D eigenvalue weighted by Crippen LogP contribution is 2.44. The van der Waals surface area contributed by atoms with Crippen molar-refractivity contribution in [3.63, 3.8) is 0 Å². The standard InChI is InChI=1S/C32H34N3/c1-5-34(6-2)27-18-14-24(15-19-27)16-21-30-32(3,4)31-28-13-8-7-11-25(28)17-20-29(31)35(30)23-26-12-9-10-22-33-26/h7-22H,5-6,23H2,1-4H3/q+1. The molecule has 3 nitrogen and oxygen atoms in total. The predicted molar refractivity (Wildman–Crippen MR) is 149 cm³/mol. The minimum atomic E-state index is -0.136. The average Bonchev–Trinajstić information content (AvgIpc) is 3.10. The average molecular weight is 461 g/mol. The lowest BCUT2D eigenvalue weighted by molar-refractivity contribution is -0.455. The number of aromatic nitrogens is 1. The molecule has 4 aromatic rings. The van der Waals surface area contributed by atoms with Crippen LogP contribution in [0.1, 0.15) is 44.5 Å². The van der Waals surface area contributed by atoms with Gasteiger partial charge in [0.1, 0.15) is 5.69 Å². The Labute approximate surface area is 209 Å². The number of allylic oxidation sites excluding steroid dienone is 1. The molecule has 0 saturated carbocycles. The van der Waals surface area contributed by atoms with Gasteiger partial charge < -0.3 is 4.90 Å². The van der Waals surface area contributed by atoms with Gasteiger partial charge in [-0.1, -0.05) is 42.5 Å². The van der Waals surface area contributed by atoms with Gasteiger partial charge in [-0.3, -0.25) is 4.98 Å². The molecule has 0 bridgehead atoms. The summed E-state index contributed by atoms with van der Waals surface area (Å²) in [5.74, 6) is 0. The SMILES string of the molecule is CCN(CC)c1ccc(/C=C\C2=[N+](Cc3ccccn3)c3ccc4ccccc4c3C2(C)C)cc1. The maximum atomic E-state index is 4.64. The molecule has 0 saturated heterocycles. The summed E-state index contributed by atoms with van der Waals surface area (Å²) >= 11 is 0. The normalized spacial score (nSPS) is 14.6. The van der Waals surface area contributed by atoms with Crippen LogP contribution in [0.5, 0.6) is 0 Å². The van der Waals surface area contributed by atoms with E-state index in [-0.39, 0.29) is 5.41 Å². The third-order valence-corrected chi connectivity index (χ3v) is 7.26. The molecule has 35 heavy (non-hydrogen) atoms. The molecule has 1 aromatic heterocycles. The highest BCUT2D eigenvalue weighted by atomic mass is 15.1. The summed E-state index contributed by atoms with van der Waals surface area (Å²) in [5, 5.41) is 2.61. The third-order valence-electron chi connectivity index (χ3n) is 7.26. The van der Waals surface area contributed by atoms with Gasteiger partial charge in [0.25, 0.3) is 0 Å². The molecule has 3 heteroatoms. The predicted octanol–water partition coefficient (Wildman–Crippen LogP) is 7.37. The van der Waals surface area contributed by atoms with E-state index in [1.165, 1.54) is 39.0 Å². The molecule has 176 valence electrons. The van der Waals surface area contributed by atoms with Crippen LogP contribution in [0, 0.1) is 0 Å². The first-order valence-corrected chi connectivity index (χ1v) is 12.6. The van der Waals surface area contributed by atoms with Gasteiger partial charge in [0, 0.05) is 42.7 Å². The summed E-state index contributed by atoms with van der Waals surface area (Å²) in [6.45, 7) is 11.9. The van der Waals surface area contributed by atoms with E-state index in [4.69, 9.17) is 0 Å². The quantitative estimate of drug-likeness (QED) is 0.268. The second-order valence-corrected chi connectivity index (χ2v) is 9.70. The van der Waals surface area contributed by atoms with Gasteiger partial charge in [0.05, 0.1) is 5.41 Å². The molecule has 0 N–H and O–H groups in total. The zero-order chi connectivity index (χ0) is 24.4. The van der Waals surface area contributed by atoms with Crippen LogP contribution in [0.15, 0.2) is 91.1 Å². The summed E-state index contributed by atoms with van der Waals surface area (Å²) in [6, 6.07) is 28.3. The van der Waals surface area contributed by atoms with Gasteiger partial charge in [-0.25, -0.2) is 0 Å². The van der Waals surface area contributed by atoms with Crippen molar-refractivity contribution in [2.75, 3.05) is 18.0 Å². The number of hydrogen-bond acceptors (Lipinski definition) is 2. The summed E-state index contributed by atoms with van der Waals surface area (Å²) in [4.78, 5) is 7.01. The van der Waals surface area contributed by atoms with Crippen LogP contribution in [0.2, 0.25) is 0 Å². The second kappa shape index (κ2) is 9.50. The van der Waals surface area contributed by atoms with E-state index in [0.717, 1.165) is 25.3 Å². The first-order chi connectivity index (χ1) is 17.0. The Balaban J connectivity index is 1.59. The minimum Gasteiger partial charge on any atom is -0.372 e. The second-order valence-electron chi connectivity index (χ2n) is 9.70. The molecular weight excluding hydrogens is 426 g/mol. The maximum Gasteiger partial charge on any atom is 0.210 e. The van der Waals surface area contributed by atoms with Gasteiger partial charge in [0.2, 0.25) is 5.69 Å². The smallest absolute Gasteiger partial charge is 0.210 e. The molecule has 0 aliphatic carbocycles. The Morgan fingerprint density at radius 2 is 1.57 bits per heavy atom. The number of rotatable bonds is 7. The molecule has 0 spiro atoms. The molecule has 2 heterocycles. The lowest BCUT2D eigenvalue weighted by Gasteiger charge is -2.20. The molecule has 0 fully saturated rings. The first-order valence-electron chi connectivity index (χ1n) is 12.6. The van der Waals surface area contributed by atoms with Gasteiger partial charge in [-0.15, -0.1) is 0 Å². The number of pyridine rings is 1. The molecule has 0 amide bonds. The lowest BCUT2D eigenvalue weighted by Crippen LogP contribution is -2.27. The van der Waals surface area contributed by atoms with Crippen LogP contribution in [-0.4, -0.2) is 28.4 Å². The summed E-state index contributed by atoms with van der Waals surface area (Å²) in [7, 11) is 0. The highest BCUT2D eigenvalue weighted by Gasteiger charge is 2.45.